The average molecular weight is 309 g/mol. The first-order chi connectivity index (χ1) is 10.4. The molecule has 3 fully saturated rings. The van der Waals surface area contributed by atoms with Crippen LogP contribution in [0, 0.1) is 23.2 Å². The van der Waals surface area contributed by atoms with Crippen molar-refractivity contribution < 1.29 is 14.2 Å². The lowest BCUT2D eigenvalue weighted by atomic mass is 9.52. The smallest absolute Gasteiger partial charge is 0.116 e. The van der Waals surface area contributed by atoms with Crippen LogP contribution in [0.1, 0.15) is 46.0 Å². The number of alkyl halides is 1. The molecule has 22 heavy (non-hydrogen) atoms. The summed E-state index contributed by atoms with van der Waals surface area (Å²) in [6.07, 6.45) is 5.42. The van der Waals surface area contributed by atoms with Crippen molar-refractivity contribution in [1.29, 1.82) is 0 Å². The van der Waals surface area contributed by atoms with Gasteiger partial charge in [-0.15, -0.1) is 0 Å². The molecule has 3 aliphatic carbocycles. The minimum absolute atomic E-state index is 0.0591. The van der Waals surface area contributed by atoms with E-state index in [4.69, 9.17) is 10.5 Å². The van der Waals surface area contributed by atoms with Gasteiger partial charge in [-0.3, -0.25) is 0 Å². The zero-order chi connectivity index (χ0) is 15.7. The third-order valence-electron chi connectivity index (χ3n) is 7.52. The molecule has 0 spiro atoms. The maximum absolute atomic E-state index is 14.3. The van der Waals surface area contributed by atoms with Gasteiger partial charge in [-0.1, -0.05) is 13.0 Å². The third-order valence-corrected chi connectivity index (χ3v) is 7.52. The van der Waals surface area contributed by atoms with Crippen LogP contribution < -0.4 is 5.73 Å². The Morgan fingerprint density at radius 2 is 2.14 bits per heavy atom. The van der Waals surface area contributed by atoms with Crippen LogP contribution in [0.5, 0.6) is 0 Å². The van der Waals surface area contributed by atoms with Crippen LogP contribution in [0.4, 0.5) is 4.39 Å². The molecule has 3 unspecified atom stereocenters. The second kappa shape index (κ2) is 4.78. The van der Waals surface area contributed by atoms with Crippen molar-refractivity contribution in [1.82, 2.24) is 0 Å². The zero-order valence-corrected chi connectivity index (χ0v) is 13.6. The molecule has 4 aliphatic rings. The molecule has 0 aromatic carbocycles. The van der Waals surface area contributed by atoms with E-state index >= 15 is 0 Å². The Kier molecular flexibility index (Phi) is 3.28. The van der Waals surface area contributed by atoms with Crippen LogP contribution in [0.3, 0.4) is 0 Å². The Hall–Kier alpha value is -0.450. The SMILES string of the molecule is C[C@]12OCC(O)CC1=CC[C@@H]1[C@H]2CC[C@]2(C)C(N)C(F)C[C@@H]12. The topological polar surface area (TPSA) is 55.5 Å². The van der Waals surface area contributed by atoms with E-state index in [9.17, 15) is 9.50 Å². The summed E-state index contributed by atoms with van der Waals surface area (Å²) in [5.74, 6) is 1.27. The molecule has 0 aromatic heterocycles. The van der Waals surface area contributed by atoms with Gasteiger partial charge in [-0.25, -0.2) is 4.39 Å². The van der Waals surface area contributed by atoms with Crippen molar-refractivity contribution in [2.45, 2.75) is 69.9 Å². The van der Waals surface area contributed by atoms with Gasteiger partial charge in [0.05, 0.1) is 18.3 Å². The van der Waals surface area contributed by atoms with Gasteiger partial charge in [0.2, 0.25) is 0 Å². The van der Waals surface area contributed by atoms with Gasteiger partial charge in [0.1, 0.15) is 6.17 Å². The van der Waals surface area contributed by atoms with Gasteiger partial charge in [-0.05, 0) is 67.8 Å². The number of rotatable bonds is 0. The Morgan fingerprint density at radius 1 is 1.36 bits per heavy atom. The number of ether oxygens (including phenoxy) is 1. The first kappa shape index (κ1) is 15.1. The van der Waals surface area contributed by atoms with E-state index in [-0.39, 0.29) is 23.2 Å². The van der Waals surface area contributed by atoms with Crippen molar-refractivity contribution in [3.05, 3.63) is 11.6 Å². The van der Waals surface area contributed by atoms with E-state index in [2.05, 4.69) is 19.9 Å². The minimum atomic E-state index is -0.860. The molecule has 124 valence electrons. The molecule has 3 N–H and O–H groups in total. The Morgan fingerprint density at radius 3 is 2.91 bits per heavy atom. The maximum atomic E-state index is 14.3. The summed E-state index contributed by atoms with van der Waals surface area (Å²) in [6, 6.07) is -0.314. The van der Waals surface area contributed by atoms with E-state index in [1.54, 1.807) is 0 Å². The molecule has 0 aromatic rings. The first-order valence-corrected chi connectivity index (χ1v) is 8.77. The molecule has 1 heterocycles. The van der Waals surface area contributed by atoms with Crippen LogP contribution in [0.25, 0.3) is 0 Å². The average Bonchev–Trinajstić information content (AvgIpc) is 2.72. The summed E-state index contributed by atoms with van der Waals surface area (Å²) in [6.45, 7) is 4.81. The fraction of sp³-hybridized carbons (Fsp3) is 0.889. The number of fused-ring (bicyclic) bond motifs is 5. The van der Waals surface area contributed by atoms with E-state index < -0.39 is 6.17 Å². The molecule has 3 nitrogen and oxygen atoms in total. The predicted octanol–water partition coefficient (Wildman–Crippen LogP) is 2.57. The van der Waals surface area contributed by atoms with E-state index in [0.29, 0.717) is 30.8 Å². The summed E-state index contributed by atoms with van der Waals surface area (Å²) in [5, 5.41) is 9.89. The van der Waals surface area contributed by atoms with Gasteiger partial charge in [0, 0.05) is 6.04 Å². The quantitative estimate of drug-likeness (QED) is 0.676. The highest BCUT2D eigenvalue weighted by molar-refractivity contribution is 5.27. The molecule has 0 amide bonds. The third kappa shape index (κ3) is 1.83. The van der Waals surface area contributed by atoms with Gasteiger partial charge >= 0.3 is 0 Å². The second-order valence-electron chi connectivity index (χ2n) is 8.44. The molecule has 0 bridgehead atoms. The molecule has 4 heteroatoms. The fourth-order valence-corrected chi connectivity index (χ4v) is 6.10. The van der Waals surface area contributed by atoms with Gasteiger partial charge in [-0.2, -0.15) is 0 Å². The van der Waals surface area contributed by atoms with Crippen LogP contribution in [0.2, 0.25) is 0 Å². The lowest BCUT2D eigenvalue weighted by Crippen LogP contribution is -2.57. The summed E-state index contributed by atoms with van der Waals surface area (Å²) in [5.41, 5.74) is 7.16. The zero-order valence-electron chi connectivity index (χ0n) is 13.6. The van der Waals surface area contributed by atoms with Crippen molar-refractivity contribution in [3.63, 3.8) is 0 Å². The van der Waals surface area contributed by atoms with Gasteiger partial charge in [0.25, 0.3) is 0 Å². The molecular formula is C18H28FNO2. The summed E-state index contributed by atoms with van der Waals surface area (Å²) >= 11 is 0. The van der Waals surface area contributed by atoms with Gasteiger partial charge < -0.3 is 15.6 Å². The van der Waals surface area contributed by atoms with Gasteiger partial charge in [0.15, 0.2) is 0 Å². The Labute approximate surface area is 132 Å². The number of halogens is 1. The molecular weight excluding hydrogens is 281 g/mol. The Bertz CT molecular complexity index is 509. The van der Waals surface area contributed by atoms with Crippen LogP contribution in [-0.4, -0.2) is 35.6 Å². The highest BCUT2D eigenvalue weighted by Gasteiger charge is 2.61. The van der Waals surface area contributed by atoms with Crippen molar-refractivity contribution >= 4 is 0 Å². The number of aliphatic hydroxyl groups is 1. The highest BCUT2D eigenvalue weighted by Crippen LogP contribution is 2.62. The van der Waals surface area contributed by atoms with Crippen LogP contribution >= 0.6 is 0 Å². The Balaban J connectivity index is 1.68. The van der Waals surface area contributed by atoms with Crippen LogP contribution in [-0.2, 0) is 4.74 Å². The molecule has 1 aliphatic heterocycles. The largest absolute Gasteiger partial charge is 0.390 e. The summed E-state index contributed by atoms with van der Waals surface area (Å²) < 4.78 is 20.4. The van der Waals surface area contributed by atoms with E-state index in [1.165, 1.54) is 5.57 Å². The maximum Gasteiger partial charge on any atom is 0.116 e. The lowest BCUT2D eigenvalue weighted by molar-refractivity contribution is -0.149. The molecule has 2 saturated carbocycles. The number of hydrogen-bond donors (Lipinski definition) is 2. The number of nitrogens with two attached hydrogens (primary N) is 1. The van der Waals surface area contributed by atoms with Crippen LogP contribution in [0.15, 0.2) is 11.6 Å². The van der Waals surface area contributed by atoms with Crippen molar-refractivity contribution in [2.24, 2.45) is 28.9 Å². The summed E-state index contributed by atoms with van der Waals surface area (Å²) in [7, 11) is 0. The minimum Gasteiger partial charge on any atom is -0.390 e. The standard InChI is InChI=1S/C18H28FNO2/c1-17-6-5-13-12(14(17)8-15(19)16(17)20)4-3-10-7-11(21)9-22-18(10,13)2/h3,11-16,21H,4-9,20H2,1-2H3/t11?,12-,13-,14+,15?,16?,17+,18+/m1/s1. The number of aliphatic hydroxyl groups excluding tert-OH is 1. The summed E-state index contributed by atoms with van der Waals surface area (Å²) in [4.78, 5) is 0. The number of hydrogen-bond acceptors (Lipinski definition) is 3. The molecule has 4 rings (SSSR count). The fourth-order valence-electron chi connectivity index (χ4n) is 6.10. The number of allylic oxidation sites excluding steroid dienone is 1. The van der Waals surface area contributed by atoms with Crippen molar-refractivity contribution in [3.8, 4) is 0 Å². The monoisotopic (exact) mass is 309 g/mol. The first-order valence-electron chi connectivity index (χ1n) is 8.77. The predicted molar refractivity (Wildman–Crippen MR) is 83.0 cm³/mol. The highest BCUT2D eigenvalue weighted by atomic mass is 19.1. The lowest BCUT2D eigenvalue weighted by Gasteiger charge is -2.57. The van der Waals surface area contributed by atoms with E-state index in [0.717, 1.165) is 25.7 Å². The van der Waals surface area contributed by atoms with E-state index in [1.807, 2.05) is 0 Å². The molecule has 1 saturated heterocycles. The van der Waals surface area contributed by atoms with Crippen molar-refractivity contribution in [2.75, 3.05) is 6.61 Å². The normalized spacial score (nSPS) is 57.6. The molecule has 0 radical (unpaired) electrons. The second-order valence-corrected chi connectivity index (χ2v) is 8.44. The molecule has 8 atom stereocenters.